The second-order valence-corrected chi connectivity index (χ2v) is 7.33. The van der Waals surface area contributed by atoms with Crippen molar-refractivity contribution in [2.24, 2.45) is 5.92 Å². The molecule has 0 spiro atoms. The van der Waals surface area contributed by atoms with Gasteiger partial charge in [-0.15, -0.1) is 0 Å². The van der Waals surface area contributed by atoms with Crippen molar-refractivity contribution in [3.63, 3.8) is 0 Å². The summed E-state index contributed by atoms with van der Waals surface area (Å²) in [6, 6.07) is 28.4. The first kappa shape index (κ1) is 17.5. The van der Waals surface area contributed by atoms with E-state index < -0.39 is 0 Å². The molecule has 3 aromatic carbocycles. The lowest BCUT2D eigenvalue weighted by molar-refractivity contribution is 0.103. The molecule has 1 saturated heterocycles. The average Bonchev–Trinajstić information content (AvgIpc) is 2.75. The largest absolute Gasteiger partial charge is 0.371 e. The molecule has 27 heavy (non-hydrogen) atoms. The third-order valence-electron chi connectivity index (χ3n) is 5.51. The maximum atomic E-state index is 13.0. The number of carbonyl (C=O) groups is 1. The summed E-state index contributed by atoms with van der Waals surface area (Å²) in [5, 5.41) is 0. The van der Waals surface area contributed by atoms with Gasteiger partial charge in [-0.05, 0) is 42.9 Å². The molecule has 0 unspecified atom stereocenters. The summed E-state index contributed by atoms with van der Waals surface area (Å²) in [5.41, 5.74) is 4.06. The Kier molecular flexibility index (Phi) is 5.34. The van der Waals surface area contributed by atoms with Crippen molar-refractivity contribution in [1.29, 1.82) is 0 Å². The van der Waals surface area contributed by atoms with Crippen molar-refractivity contribution in [1.82, 2.24) is 0 Å². The monoisotopic (exact) mass is 355 g/mol. The molecule has 0 radical (unpaired) electrons. The molecule has 1 aliphatic heterocycles. The van der Waals surface area contributed by atoms with Gasteiger partial charge in [0, 0.05) is 29.9 Å². The average molecular weight is 355 g/mol. The van der Waals surface area contributed by atoms with Gasteiger partial charge in [0.25, 0.3) is 0 Å². The molecule has 2 nitrogen and oxygen atoms in total. The van der Waals surface area contributed by atoms with Crippen LogP contribution in [0.5, 0.6) is 0 Å². The first-order valence-electron chi connectivity index (χ1n) is 9.79. The summed E-state index contributed by atoms with van der Waals surface area (Å²) in [6.45, 7) is 2.02. The number of anilines is 1. The number of hydrogen-bond acceptors (Lipinski definition) is 2. The highest BCUT2D eigenvalue weighted by molar-refractivity contribution is 6.12. The van der Waals surface area contributed by atoms with Gasteiger partial charge in [-0.3, -0.25) is 4.79 Å². The molecule has 2 heteroatoms. The Labute approximate surface area is 161 Å². The van der Waals surface area contributed by atoms with Crippen molar-refractivity contribution >= 4 is 11.5 Å². The summed E-state index contributed by atoms with van der Waals surface area (Å²) in [6.07, 6.45) is 3.49. The number of benzene rings is 3. The molecule has 0 saturated carbocycles. The zero-order valence-electron chi connectivity index (χ0n) is 15.6. The smallest absolute Gasteiger partial charge is 0.195 e. The van der Waals surface area contributed by atoms with Crippen LogP contribution in [0.1, 0.15) is 34.3 Å². The summed E-state index contributed by atoms with van der Waals surface area (Å²) < 4.78 is 0. The third kappa shape index (κ3) is 4.11. The molecule has 0 N–H and O–H groups in total. The standard InChI is InChI=1S/C25H25NO/c27-25(22-11-5-2-6-12-22)23-13-7-8-14-24(23)26-17-15-21(16-18-26)19-20-9-3-1-4-10-20/h1-14,21H,15-19H2. The minimum atomic E-state index is 0.109. The number of carbonyl (C=O) groups excluding carboxylic acids is 1. The maximum absolute atomic E-state index is 13.0. The Bertz CT molecular complexity index is 880. The van der Waals surface area contributed by atoms with E-state index in [0.717, 1.165) is 42.2 Å². The van der Waals surface area contributed by atoms with Crippen molar-refractivity contribution in [2.75, 3.05) is 18.0 Å². The Morgan fingerprint density at radius 1 is 0.778 bits per heavy atom. The minimum absolute atomic E-state index is 0.109. The van der Waals surface area contributed by atoms with E-state index in [4.69, 9.17) is 0 Å². The molecule has 3 aromatic rings. The van der Waals surface area contributed by atoms with E-state index in [2.05, 4.69) is 41.3 Å². The molecule has 0 aromatic heterocycles. The molecule has 0 amide bonds. The SMILES string of the molecule is O=C(c1ccccc1)c1ccccc1N1CCC(Cc2ccccc2)CC1. The molecule has 4 rings (SSSR count). The van der Waals surface area contributed by atoms with E-state index in [0.29, 0.717) is 0 Å². The quantitative estimate of drug-likeness (QED) is 0.573. The van der Waals surface area contributed by atoms with Gasteiger partial charge in [-0.2, -0.15) is 0 Å². The maximum Gasteiger partial charge on any atom is 0.195 e. The predicted octanol–water partition coefficient (Wildman–Crippen LogP) is 5.38. The van der Waals surface area contributed by atoms with Gasteiger partial charge in [-0.25, -0.2) is 0 Å². The van der Waals surface area contributed by atoms with E-state index in [1.165, 1.54) is 18.4 Å². The van der Waals surface area contributed by atoms with E-state index in [-0.39, 0.29) is 5.78 Å². The number of ketones is 1. The second-order valence-electron chi connectivity index (χ2n) is 7.33. The van der Waals surface area contributed by atoms with Crippen LogP contribution in [-0.4, -0.2) is 18.9 Å². The Hall–Kier alpha value is -2.87. The molecule has 0 bridgehead atoms. The summed E-state index contributed by atoms with van der Waals surface area (Å²) in [7, 11) is 0. The zero-order valence-corrected chi connectivity index (χ0v) is 15.6. The van der Waals surface area contributed by atoms with Gasteiger partial charge in [0.1, 0.15) is 0 Å². The van der Waals surface area contributed by atoms with Gasteiger partial charge in [-0.1, -0.05) is 72.8 Å². The summed E-state index contributed by atoms with van der Waals surface area (Å²) in [4.78, 5) is 15.4. The van der Waals surface area contributed by atoms with Crippen LogP contribution < -0.4 is 4.90 Å². The lowest BCUT2D eigenvalue weighted by Crippen LogP contribution is -2.35. The zero-order chi connectivity index (χ0) is 18.5. The van der Waals surface area contributed by atoms with Gasteiger partial charge >= 0.3 is 0 Å². The van der Waals surface area contributed by atoms with E-state index in [1.807, 2.05) is 48.5 Å². The Morgan fingerprint density at radius 2 is 1.37 bits per heavy atom. The highest BCUT2D eigenvalue weighted by Crippen LogP contribution is 2.29. The van der Waals surface area contributed by atoms with Gasteiger partial charge < -0.3 is 4.90 Å². The molecule has 1 aliphatic rings. The highest BCUT2D eigenvalue weighted by Gasteiger charge is 2.23. The number of para-hydroxylation sites is 1. The summed E-state index contributed by atoms with van der Waals surface area (Å²) >= 11 is 0. The number of hydrogen-bond donors (Lipinski definition) is 0. The van der Waals surface area contributed by atoms with Gasteiger partial charge in [0.2, 0.25) is 0 Å². The van der Waals surface area contributed by atoms with Crippen LogP contribution in [0, 0.1) is 5.92 Å². The van der Waals surface area contributed by atoms with E-state index in [9.17, 15) is 4.79 Å². The van der Waals surface area contributed by atoms with Crippen molar-refractivity contribution in [3.8, 4) is 0 Å². The Balaban J connectivity index is 1.47. The lowest BCUT2D eigenvalue weighted by Gasteiger charge is -2.34. The van der Waals surface area contributed by atoms with Crippen molar-refractivity contribution < 1.29 is 4.79 Å². The van der Waals surface area contributed by atoms with Crippen LogP contribution in [0.25, 0.3) is 0 Å². The third-order valence-corrected chi connectivity index (χ3v) is 5.51. The fraction of sp³-hybridized carbons (Fsp3) is 0.240. The molecular formula is C25H25NO. The molecule has 0 atom stereocenters. The number of nitrogens with zero attached hydrogens (tertiary/aromatic N) is 1. The minimum Gasteiger partial charge on any atom is -0.371 e. The molecule has 136 valence electrons. The predicted molar refractivity (Wildman–Crippen MR) is 111 cm³/mol. The van der Waals surface area contributed by atoms with E-state index in [1.54, 1.807) is 0 Å². The molecule has 1 fully saturated rings. The number of rotatable bonds is 5. The normalized spacial score (nSPS) is 14.9. The topological polar surface area (TPSA) is 20.3 Å². The van der Waals surface area contributed by atoms with Crippen LogP contribution in [-0.2, 0) is 6.42 Å². The van der Waals surface area contributed by atoms with Crippen LogP contribution in [0.4, 0.5) is 5.69 Å². The summed E-state index contributed by atoms with van der Waals surface area (Å²) in [5.74, 6) is 0.832. The van der Waals surface area contributed by atoms with Crippen LogP contribution in [0.3, 0.4) is 0 Å². The van der Waals surface area contributed by atoms with Crippen LogP contribution in [0.2, 0.25) is 0 Å². The van der Waals surface area contributed by atoms with Crippen LogP contribution >= 0.6 is 0 Å². The molecular weight excluding hydrogens is 330 g/mol. The van der Waals surface area contributed by atoms with Gasteiger partial charge in [0.15, 0.2) is 5.78 Å². The van der Waals surface area contributed by atoms with Crippen LogP contribution in [0.15, 0.2) is 84.9 Å². The second kappa shape index (κ2) is 8.22. The molecule has 1 heterocycles. The highest BCUT2D eigenvalue weighted by atomic mass is 16.1. The number of piperidine rings is 1. The van der Waals surface area contributed by atoms with E-state index >= 15 is 0 Å². The first-order valence-corrected chi connectivity index (χ1v) is 9.79. The Morgan fingerprint density at radius 3 is 2.07 bits per heavy atom. The fourth-order valence-electron chi connectivity index (χ4n) is 4.01. The fourth-order valence-corrected chi connectivity index (χ4v) is 4.01. The molecule has 0 aliphatic carbocycles. The first-order chi connectivity index (χ1) is 13.3. The van der Waals surface area contributed by atoms with Gasteiger partial charge in [0.05, 0.1) is 0 Å². The van der Waals surface area contributed by atoms with Crippen molar-refractivity contribution in [2.45, 2.75) is 19.3 Å². The van der Waals surface area contributed by atoms with Crippen molar-refractivity contribution in [3.05, 3.63) is 102 Å². The lowest BCUT2D eigenvalue weighted by atomic mass is 9.89.